The fourth-order valence-corrected chi connectivity index (χ4v) is 3.02. The fraction of sp³-hybridized carbons (Fsp3) is 0.316. The van der Waals surface area contributed by atoms with Crippen LogP contribution >= 0.6 is 0 Å². The van der Waals surface area contributed by atoms with Crippen LogP contribution in [0.1, 0.15) is 23.6 Å². The number of hydrogen-bond acceptors (Lipinski definition) is 2. The Balaban J connectivity index is 1.80. The summed E-state index contributed by atoms with van der Waals surface area (Å²) in [5.41, 5.74) is 2.29. The van der Waals surface area contributed by atoms with Gasteiger partial charge in [-0.05, 0) is 24.1 Å². The van der Waals surface area contributed by atoms with Gasteiger partial charge in [0.05, 0.1) is 12.5 Å². The molecule has 3 nitrogen and oxygen atoms in total. The molecule has 0 saturated carbocycles. The summed E-state index contributed by atoms with van der Waals surface area (Å²) in [6, 6.07) is 20.4. The standard InChI is InChI=1S/C19H22N2O/c22-19(14-16-8-3-1-4-9-16)21-13-7-12-20-15-18(21)17-10-5-2-6-11-17/h1-6,8-11,18,20H,7,12-15H2. The lowest BCUT2D eigenvalue weighted by molar-refractivity contribution is -0.132. The van der Waals surface area contributed by atoms with E-state index < -0.39 is 0 Å². The lowest BCUT2D eigenvalue weighted by Gasteiger charge is -2.30. The fourth-order valence-electron chi connectivity index (χ4n) is 3.02. The van der Waals surface area contributed by atoms with Crippen LogP contribution in [0, 0.1) is 0 Å². The number of amides is 1. The third-order valence-electron chi connectivity index (χ3n) is 4.17. The highest BCUT2D eigenvalue weighted by Crippen LogP contribution is 2.23. The van der Waals surface area contributed by atoms with E-state index in [9.17, 15) is 4.79 Å². The molecule has 2 aromatic carbocycles. The Bertz CT molecular complexity index is 597. The molecule has 1 heterocycles. The SMILES string of the molecule is O=C(Cc1ccccc1)N1CCCNCC1c1ccccc1. The van der Waals surface area contributed by atoms with Crippen molar-refractivity contribution in [2.45, 2.75) is 18.9 Å². The van der Waals surface area contributed by atoms with Crippen molar-refractivity contribution in [1.29, 1.82) is 0 Å². The van der Waals surface area contributed by atoms with Gasteiger partial charge in [-0.2, -0.15) is 0 Å². The molecule has 1 aliphatic rings. The van der Waals surface area contributed by atoms with E-state index in [2.05, 4.69) is 17.4 Å². The summed E-state index contributed by atoms with van der Waals surface area (Å²) in [6.45, 7) is 2.61. The molecule has 0 aromatic heterocycles. The van der Waals surface area contributed by atoms with Crippen molar-refractivity contribution >= 4 is 5.91 Å². The summed E-state index contributed by atoms with van der Waals surface area (Å²) in [5.74, 6) is 0.212. The Morgan fingerprint density at radius 2 is 1.73 bits per heavy atom. The molecule has 0 aliphatic carbocycles. The lowest BCUT2D eigenvalue weighted by Crippen LogP contribution is -2.38. The van der Waals surface area contributed by atoms with Crippen LogP contribution in [0.2, 0.25) is 0 Å². The smallest absolute Gasteiger partial charge is 0.227 e. The summed E-state index contributed by atoms with van der Waals surface area (Å²) in [7, 11) is 0. The van der Waals surface area contributed by atoms with E-state index in [1.165, 1.54) is 5.56 Å². The molecule has 3 heteroatoms. The summed E-state index contributed by atoms with van der Waals surface area (Å²) >= 11 is 0. The predicted octanol–water partition coefficient (Wildman–Crippen LogP) is 2.79. The number of benzene rings is 2. The highest BCUT2D eigenvalue weighted by molar-refractivity contribution is 5.79. The second-order valence-corrected chi connectivity index (χ2v) is 5.73. The Morgan fingerprint density at radius 1 is 1.05 bits per heavy atom. The van der Waals surface area contributed by atoms with Gasteiger partial charge < -0.3 is 10.2 Å². The van der Waals surface area contributed by atoms with Gasteiger partial charge in [0.1, 0.15) is 0 Å². The molecule has 0 bridgehead atoms. The van der Waals surface area contributed by atoms with Crippen LogP contribution in [-0.2, 0) is 11.2 Å². The molecule has 0 radical (unpaired) electrons. The Hall–Kier alpha value is -2.13. The minimum atomic E-state index is 0.125. The van der Waals surface area contributed by atoms with E-state index >= 15 is 0 Å². The number of hydrogen-bond donors (Lipinski definition) is 1. The highest BCUT2D eigenvalue weighted by atomic mass is 16.2. The molecular formula is C19H22N2O. The van der Waals surface area contributed by atoms with Gasteiger partial charge in [-0.25, -0.2) is 0 Å². The third-order valence-corrected chi connectivity index (χ3v) is 4.17. The summed E-state index contributed by atoms with van der Waals surface area (Å²) in [4.78, 5) is 14.8. The van der Waals surface area contributed by atoms with E-state index in [0.717, 1.165) is 31.6 Å². The van der Waals surface area contributed by atoms with Crippen molar-refractivity contribution in [2.75, 3.05) is 19.6 Å². The Kier molecular flexibility index (Phi) is 4.86. The van der Waals surface area contributed by atoms with Crippen LogP contribution < -0.4 is 5.32 Å². The zero-order valence-electron chi connectivity index (χ0n) is 12.7. The summed E-state index contributed by atoms with van der Waals surface area (Å²) < 4.78 is 0. The molecule has 1 aliphatic heterocycles. The average molecular weight is 294 g/mol. The maximum absolute atomic E-state index is 12.8. The van der Waals surface area contributed by atoms with Gasteiger partial charge in [0.2, 0.25) is 5.91 Å². The molecule has 1 unspecified atom stereocenters. The summed E-state index contributed by atoms with van der Waals surface area (Å²) in [6.07, 6.45) is 1.48. The zero-order valence-corrected chi connectivity index (χ0v) is 12.7. The first-order chi connectivity index (χ1) is 10.8. The van der Waals surface area contributed by atoms with Gasteiger partial charge in [0.15, 0.2) is 0 Å². The van der Waals surface area contributed by atoms with Crippen molar-refractivity contribution in [1.82, 2.24) is 10.2 Å². The van der Waals surface area contributed by atoms with Crippen molar-refractivity contribution in [2.24, 2.45) is 0 Å². The Labute approximate surface area is 132 Å². The normalized spacial score (nSPS) is 18.7. The average Bonchev–Trinajstić information content (AvgIpc) is 2.82. The van der Waals surface area contributed by atoms with Gasteiger partial charge in [-0.15, -0.1) is 0 Å². The summed E-state index contributed by atoms with van der Waals surface area (Å²) in [5, 5.41) is 3.45. The predicted molar refractivity (Wildman–Crippen MR) is 88.5 cm³/mol. The van der Waals surface area contributed by atoms with Crippen LogP contribution in [-0.4, -0.2) is 30.4 Å². The van der Waals surface area contributed by atoms with Gasteiger partial charge in [-0.3, -0.25) is 4.79 Å². The third kappa shape index (κ3) is 3.55. The van der Waals surface area contributed by atoms with Crippen molar-refractivity contribution in [3.8, 4) is 0 Å². The molecular weight excluding hydrogens is 272 g/mol. The molecule has 2 aromatic rings. The van der Waals surface area contributed by atoms with Crippen molar-refractivity contribution < 1.29 is 4.79 Å². The topological polar surface area (TPSA) is 32.3 Å². The maximum Gasteiger partial charge on any atom is 0.227 e. The minimum Gasteiger partial charge on any atom is -0.334 e. The number of carbonyl (C=O) groups excluding carboxylic acids is 1. The maximum atomic E-state index is 12.8. The molecule has 1 amide bonds. The molecule has 1 atom stereocenters. The first-order valence-corrected chi connectivity index (χ1v) is 7.93. The molecule has 0 spiro atoms. The minimum absolute atomic E-state index is 0.125. The quantitative estimate of drug-likeness (QED) is 0.944. The van der Waals surface area contributed by atoms with Gasteiger partial charge in [0, 0.05) is 13.1 Å². The molecule has 1 fully saturated rings. The lowest BCUT2D eigenvalue weighted by atomic mass is 10.0. The Morgan fingerprint density at radius 3 is 2.45 bits per heavy atom. The monoisotopic (exact) mass is 294 g/mol. The van der Waals surface area contributed by atoms with Crippen LogP contribution in [0.25, 0.3) is 0 Å². The van der Waals surface area contributed by atoms with E-state index in [4.69, 9.17) is 0 Å². The van der Waals surface area contributed by atoms with Crippen LogP contribution in [0.5, 0.6) is 0 Å². The van der Waals surface area contributed by atoms with Gasteiger partial charge in [0.25, 0.3) is 0 Å². The molecule has 3 rings (SSSR count). The number of carbonyl (C=O) groups is 1. The van der Waals surface area contributed by atoms with Crippen LogP contribution in [0.15, 0.2) is 60.7 Å². The van der Waals surface area contributed by atoms with E-state index in [0.29, 0.717) is 6.42 Å². The molecule has 114 valence electrons. The second kappa shape index (κ2) is 7.23. The van der Waals surface area contributed by atoms with E-state index in [-0.39, 0.29) is 11.9 Å². The first kappa shape index (κ1) is 14.8. The number of nitrogens with one attached hydrogen (secondary N) is 1. The van der Waals surface area contributed by atoms with E-state index in [1.807, 2.05) is 53.4 Å². The van der Waals surface area contributed by atoms with E-state index in [1.54, 1.807) is 0 Å². The first-order valence-electron chi connectivity index (χ1n) is 7.93. The number of rotatable bonds is 3. The molecule has 1 N–H and O–H groups in total. The zero-order chi connectivity index (χ0) is 15.2. The largest absolute Gasteiger partial charge is 0.334 e. The van der Waals surface area contributed by atoms with Gasteiger partial charge >= 0.3 is 0 Å². The highest BCUT2D eigenvalue weighted by Gasteiger charge is 2.26. The molecule has 1 saturated heterocycles. The van der Waals surface area contributed by atoms with Gasteiger partial charge in [-0.1, -0.05) is 60.7 Å². The van der Waals surface area contributed by atoms with Crippen LogP contribution in [0.3, 0.4) is 0 Å². The van der Waals surface area contributed by atoms with Crippen molar-refractivity contribution in [3.05, 3.63) is 71.8 Å². The van der Waals surface area contributed by atoms with Crippen LogP contribution in [0.4, 0.5) is 0 Å². The second-order valence-electron chi connectivity index (χ2n) is 5.73. The molecule has 22 heavy (non-hydrogen) atoms. The number of nitrogens with zero attached hydrogens (tertiary/aromatic N) is 1. The van der Waals surface area contributed by atoms with Crippen molar-refractivity contribution in [3.63, 3.8) is 0 Å².